The van der Waals surface area contributed by atoms with E-state index in [1.54, 1.807) is 0 Å². The highest BCUT2D eigenvalue weighted by Crippen LogP contribution is 2.22. The minimum atomic E-state index is -0.756. The first-order valence-corrected chi connectivity index (χ1v) is 5.37. The van der Waals surface area contributed by atoms with Crippen molar-refractivity contribution >= 4 is 16.9 Å². The van der Waals surface area contributed by atoms with E-state index >= 15 is 0 Å². The topological polar surface area (TPSA) is 42.2 Å². The quantitative estimate of drug-likeness (QED) is 0.858. The van der Waals surface area contributed by atoms with E-state index in [2.05, 4.69) is 23.6 Å². The highest BCUT2D eigenvalue weighted by atomic mass is 16.4. The summed E-state index contributed by atoms with van der Waals surface area (Å²) in [5.74, 6) is -0.756. The molecule has 0 fully saturated rings. The van der Waals surface area contributed by atoms with Gasteiger partial charge in [-0.2, -0.15) is 0 Å². The number of hydrogen-bond acceptors (Lipinski definition) is 1. The maximum absolute atomic E-state index is 10.6. The standard InChI is InChI=1S/C13H15NO2/c1-9-4-3-5-12-11(9)8-10(2)14(12)7-6-13(15)16/h3-5,8H,6-7H2,1-2H3,(H,15,16). The Labute approximate surface area is 94.3 Å². The molecule has 2 aromatic rings. The van der Waals surface area contributed by atoms with Gasteiger partial charge in [-0.3, -0.25) is 4.79 Å². The molecule has 3 nitrogen and oxygen atoms in total. The van der Waals surface area contributed by atoms with Gasteiger partial charge >= 0.3 is 5.97 Å². The molecule has 1 aromatic carbocycles. The zero-order valence-corrected chi connectivity index (χ0v) is 9.53. The maximum atomic E-state index is 10.6. The summed E-state index contributed by atoms with van der Waals surface area (Å²) in [4.78, 5) is 10.6. The largest absolute Gasteiger partial charge is 0.481 e. The molecule has 1 aromatic heterocycles. The first kappa shape index (κ1) is 10.7. The zero-order chi connectivity index (χ0) is 11.7. The fourth-order valence-corrected chi connectivity index (χ4v) is 2.07. The van der Waals surface area contributed by atoms with E-state index in [-0.39, 0.29) is 6.42 Å². The number of aliphatic carboxylic acids is 1. The highest BCUT2D eigenvalue weighted by molar-refractivity contribution is 5.84. The van der Waals surface area contributed by atoms with Crippen molar-refractivity contribution in [2.75, 3.05) is 0 Å². The number of aromatic nitrogens is 1. The van der Waals surface area contributed by atoms with Gasteiger partial charge in [0.15, 0.2) is 0 Å². The molecule has 3 heteroatoms. The number of carbonyl (C=O) groups is 1. The van der Waals surface area contributed by atoms with Crippen LogP contribution >= 0.6 is 0 Å². The van der Waals surface area contributed by atoms with Crippen LogP contribution in [0.15, 0.2) is 24.3 Å². The van der Waals surface area contributed by atoms with Crippen LogP contribution in [-0.2, 0) is 11.3 Å². The molecule has 0 aliphatic rings. The number of benzene rings is 1. The first-order chi connectivity index (χ1) is 7.59. The lowest BCUT2D eigenvalue weighted by atomic mass is 10.1. The molecular formula is C13H15NO2. The van der Waals surface area contributed by atoms with Gasteiger partial charge in [0, 0.05) is 23.1 Å². The third-order valence-corrected chi connectivity index (χ3v) is 2.92. The Morgan fingerprint density at radius 2 is 2.12 bits per heavy atom. The monoisotopic (exact) mass is 217 g/mol. The van der Waals surface area contributed by atoms with Crippen molar-refractivity contribution in [2.45, 2.75) is 26.8 Å². The summed E-state index contributed by atoms with van der Waals surface area (Å²) in [6.07, 6.45) is 0.165. The molecule has 0 saturated heterocycles. The molecule has 0 spiro atoms. The number of nitrogens with zero attached hydrogens (tertiary/aromatic N) is 1. The second kappa shape index (κ2) is 4.00. The van der Waals surface area contributed by atoms with Crippen LogP contribution in [0.4, 0.5) is 0 Å². The molecule has 2 rings (SSSR count). The predicted octanol–water partition coefficient (Wildman–Crippen LogP) is 2.73. The second-order valence-electron chi connectivity index (χ2n) is 4.09. The Hall–Kier alpha value is -1.77. The SMILES string of the molecule is Cc1cccc2c1cc(C)n2CCC(=O)O. The zero-order valence-electron chi connectivity index (χ0n) is 9.53. The first-order valence-electron chi connectivity index (χ1n) is 5.37. The van der Waals surface area contributed by atoms with Gasteiger partial charge in [0.05, 0.1) is 6.42 Å². The number of carboxylic acid groups (broad SMARTS) is 1. The summed E-state index contributed by atoms with van der Waals surface area (Å²) in [7, 11) is 0. The summed E-state index contributed by atoms with van der Waals surface area (Å²) in [5, 5.41) is 9.93. The number of carboxylic acids is 1. The average molecular weight is 217 g/mol. The Balaban J connectivity index is 2.48. The molecular weight excluding hydrogens is 202 g/mol. The van der Waals surface area contributed by atoms with Crippen molar-refractivity contribution in [3.63, 3.8) is 0 Å². The van der Waals surface area contributed by atoms with Gasteiger partial charge in [-0.05, 0) is 31.5 Å². The molecule has 84 valence electrons. The van der Waals surface area contributed by atoms with Gasteiger partial charge < -0.3 is 9.67 Å². The molecule has 0 aliphatic heterocycles. The van der Waals surface area contributed by atoms with Crippen molar-refractivity contribution in [1.82, 2.24) is 4.57 Å². The second-order valence-corrected chi connectivity index (χ2v) is 4.09. The minimum Gasteiger partial charge on any atom is -0.481 e. The van der Waals surface area contributed by atoms with E-state index in [0.29, 0.717) is 6.54 Å². The van der Waals surface area contributed by atoms with Gasteiger partial charge in [0.1, 0.15) is 0 Å². The molecule has 1 heterocycles. The van der Waals surface area contributed by atoms with Crippen LogP contribution in [0, 0.1) is 13.8 Å². The Morgan fingerprint density at radius 1 is 1.38 bits per heavy atom. The Bertz CT molecular complexity index is 540. The molecule has 0 saturated carbocycles. The number of rotatable bonds is 3. The summed E-state index contributed by atoms with van der Waals surface area (Å²) in [5.41, 5.74) is 3.47. The van der Waals surface area contributed by atoms with Gasteiger partial charge in [0.2, 0.25) is 0 Å². The van der Waals surface area contributed by atoms with Crippen LogP contribution in [0.3, 0.4) is 0 Å². The van der Waals surface area contributed by atoms with Gasteiger partial charge in [-0.15, -0.1) is 0 Å². The molecule has 0 unspecified atom stereocenters. The van der Waals surface area contributed by atoms with Gasteiger partial charge in [-0.1, -0.05) is 12.1 Å². The van der Waals surface area contributed by atoms with Crippen LogP contribution in [0.5, 0.6) is 0 Å². The van der Waals surface area contributed by atoms with E-state index in [1.165, 1.54) is 10.9 Å². The molecule has 0 amide bonds. The van der Waals surface area contributed by atoms with Crippen LogP contribution in [-0.4, -0.2) is 15.6 Å². The highest BCUT2D eigenvalue weighted by Gasteiger charge is 2.08. The smallest absolute Gasteiger partial charge is 0.305 e. The van der Waals surface area contributed by atoms with Crippen molar-refractivity contribution < 1.29 is 9.90 Å². The fraction of sp³-hybridized carbons (Fsp3) is 0.308. The van der Waals surface area contributed by atoms with Crippen LogP contribution < -0.4 is 0 Å². The molecule has 0 radical (unpaired) electrons. The predicted molar refractivity (Wildman–Crippen MR) is 63.7 cm³/mol. The summed E-state index contributed by atoms with van der Waals surface area (Å²) < 4.78 is 2.07. The third kappa shape index (κ3) is 1.81. The van der Waals surface area contributed by atoms with Crippen LogP contribution in [0.1, 0.15) is 17.7 Å². The van der Waals surface area contributed by atoms with Crippen molar-refractivity contribution in [3.05, 3.63) is 35.5 Å². The number of aryl methyl sites for hydroxylation is 3. The van der Waals surface area contributed by atoms with E-state index in [1.807, 2.05) is 19.1 Å². The maximum Gasteiger partial charge on any atom is 0.305 e. The van der Waals surface area contributed by atoms with Crippen molar-refractivity contribution in [2.24, 2.45) is 0 Å². The van der Waals surface area contributed by atoms with E-state index < -0.39 is 5.97 Å². The lowest BCUT2D eigenvalue weighted by molar-refractivity contribution is -0.137. The number of fused-ring (bicyclic) bond motifs is 1. The van der Waals surface area contributed by atoms with Crippen molar-refractivity contribution in [3.8, 4) is 0 Å². The Kier molecular flexibility index (Phi) is 2.69. The summed E-state index contributed by atoms with van der Waals surface area (Å²) in [6, 6.07) is 8.24. The minimum absolute atomic E-state index is 0.165. The van der Waals surface area contributed by atoms with E-state index in [4.69, 9.17) is 5.11 Å². The summed E-state index contributed by atoms with van der Waals surface area (Å²) in [6.45, 7) is 4.62. The van der Waals surface area contributed by atoms with Crippen molar-refractivity contribution in [1.29, 1.82) is 0 Å². The fourth-order valence-electron chi connectivity index (χ4n) is 2.07. The lowest BCUT2D eigenvalue weighted by Crippen LogP contribution is -2.05. The van der Waals surface area contributed by atoms with Crippen LogP contribution in [0.2, 0.25) is 0 Å². The molecule has 0 aliphatic carbocycles. The molecule has 0 bridgehead atoms. The average Bonchev–Trinajstić information content (AvgIpc) is 2.53. The number of hydrogen-bond donors (Lipinski definition) is 1. The molecule has 1 N–H and O–H groups in total. The molecule has 16 heavy (non-hydrogen) atoms. The van der Waals surface area contributed by atoms with E-state index in [0.717, 1.165) is 11.2 Å². The summed E-state index contributed by atoms with van der Waals surface area (Å²) >= 11 is 0. The third-order valence-electron chi connectivity index (χ3n) is 2.92. The van der Waals surface area contributed by atoms with Crippen LogP contribution in [0.25, 0.3) is 10.9 Å². The van der Waals surface area contributed by atoms with E-state index in [9.17, 15) is 4.79 Å². The normalized spacial score (nSPS) is 10.9. The Morgan fingerprint density at radius 3 is 2.81 bits per heavy atom. The van der Waals surface area contributed by atoms with Gasteiger partial charge in [-0.25, -0.2) is 0 Å². The molecule has 0 atom stereocenters. The van der Waals surface area contributed by atoms with Gasteiger partial charge in [0.25, 0.3) is 0 Å². The lowest BCUT2D eigenvalue weighted by Gasteiger charge is -2.06.